The average molecular weight is 720 g/mol. The summed E-state index contributed by atoms with van der Waals surface area (Å²) in [5.41, 5.74) is 8.17. The highest BCUT2D eigenvalue weighted by Crippen LogP contribution is 2.49. The zero-order valence-corrected chi connectivity index (χ0v) is 32.3. The Balaban J connectivity index is 0.00000486. The molecule has 0 amide bonds. The van der Waals surface area contributed by atoms with Crippen LogP contribution in [0.1, 0.15) is 113 Å². The summed E-state index contributed by atoms with van der Waals surface area (Å²) < 4.78 is 13.2. The van der Waals surface area contributed by atoms with Crippen molar-refractivity contribution >= 4 is 35.6 Å². The van der Waals surface area contributed by atoms with Crippen LogP contribution in [0.2, 0.25) is 5.02 Å². The average Bonchev–Trinajstić information content (AvgIpc) is 3.07. The summed E-state index contributed by atoms with van der Waals surface area (Å²) in [6.45, 7) is 15.9. The van der Waals surface area contributed by atoms with Gasteiger partial charge in [0.1, 0.15) is 17.1 Å². The lowest BCUT2D eigenvalue weighted by atomic mass is 9.80. The van der Waals surface area contributed by atoms with Crippen LogP contribution in [0.5, 0.6) is 11.5 Å². The topological polar surface area (TPSA) is 42.0 Å². The number of nitrogens with zero attached hydrogens (tertiary/aromatic N) is 2. The predicted molar refractivity (Wildman–Crippen MR) is 209 cm³/mol. The van der Waals surface area contributed by atoms with Gasteiger partial charge < -0.3 is 14.4 Å². The third-order valence-electron chi connectivity index (χ3n) is 11.1. The Morgan fingerprint density at radius 2 is 1.86 bits per heavy atom. The van der Waals surface area contributed by atoms with Crippen LogP contribution in [0.3, 0.4) is 0 Å². The van der Waals surface area contributed by atoms with Gasteiger partial charge in [-0.1, -0.05) is 61.3 Å². The molecule has 0 saturated carbocycles. The van der Waals surface area contributed by atoms with E-state index in [9.17, 15) is 4.79 Å². The van der Waals surface area contributed by atoms with Crippen LogP contribution < -0.4 is 9.47 Å². The second kappa shape index (κ2) is 17.1. The van der Waals surface area contributed by atoms with E-state index in [1.165, 1.54) is 47.1 Å². The maximum absolute atomic E-state index is 13.6. The van der Waals surface area contributed by atoms with Gasteiger partial charge in [0.25, 0.3) is 0 Å². The van der Waals surface area contributed by atoms with E-state index in [4.69, 9.17) is 21.1 Å². The Morgan fingerprint density at radius 1 is 1.06 bits per heavy atom. The Bertz CT molecular complexity index is 1650. The molecule has 6 rings (SSSR count). The fraction of sp³-hybridized carbons (Fsp3) is 0.512. The SMILES string of the molecule is Cc1ccc(Cl)cc1CCCC(C)c1cc(OC(=O)CCCN2CCCCC2C)c2c(c1)OC(C)(C)C1=C2CN(Cc2ccccc2)CC1.Cl. The fourth-order valence-corrected chi connectivity index (χ4v) is 8.34. The maximum atomic E-state index is 13.6. The van der Waals surface area contributed by atoms with E-state index in [1.807, 2.05) is 6.07 Å². The van der Waals surface area contributed by atoms with E-state index < -0.39 is 5.60 Å². The summed E-state index contributed by atoms with van der Waals surface area (Å²) in [6.07, 6.45) is 8.98. The van der Waals surface area contributed by atoms with Crippen LogP contribution in [0.15, 0.2) is 66.2 Å². The van der Waals surface area contributed by atoms with Gasteiger partial charge in [0.15, 0.2) is 0 Å². The third kappa shape index (κ3) is 9.33. The van der Waals surface area contributed by atoms with Gasteiger partial charge in [0.2, 0.25) is 0 Å². The van der Waals surface area contributed by atoms with Crippen LogP contribution in [0.25, 0.3) is 5.57 Å². The first-order valence-corrected chi connectivity index (χ1v) is 19.0. The molecular weight excluding hydrogens is 663 g/mol. The van der Waals surface area contributed by atoms with E-state index >= 15 is 0 Å². The molecule has 50 heavy (non-hydrogen) atoms. The number of hydrogen-bond acceptors (Lipinski definition) is 5. The summed E-state index contributed by atoms with van der Waals surface area (Å²) in [5, 5.41) is 0.790. The number of carbonyl (C=O) groups is 1. The van der Waals surface area contributed by atoms with E-state index in [0.29, 0.717) is 18.2 Å². The molecule has 0 radical (unpaired) electrons. The van der Waals surface area contributed by atoms with Gasteiger partial charge in [-0.05, 0) is 149 Å². The fourth-order valence-electron chi connectivity index (χ4n) is 8.14. The number of hydrogen-bond donors (Lipinski definition) is 0. The molecule has 7 heteroatoms. The molecule has 0 bridgehead atoms. The minimum absolute atomic E-state index is 0. The minimum Gasteiger partial charge on any atom is -0.483 e. The van der Waals surface area contributed by atoms with Crippen molar-refractivity contribution in [2.24, 2.45) is 0 Å². The van der Waals surface area contributed by atoms with Crippen molar-refractivity contribution < 1.29 is 14.3 Å². The van der Waals surface area contributed by atoms with E-state index in [0.717, 1.165) is 86.7 Å². The lowest BCUT2D eigenvalue weighted by Gasteiger charge is -2.43. The van der Waals surface area contributed by atoms with Gasteiger partial charge in [0.05, 0.1) is 5.56 Å². The molecule has 0 aliphatic carbocycles. The molecule has 2 unspecified atom stereocenters. The number of likely N-dealkylation sites (tertiary alicyclic amines) is 1. The van der Waals surface area contributed by atoms with Gasteiger partial charge in [0, 0.05) is 37.1 Å². The molecule has 270 valence electrons. The monoisotopic (exact) mass is 718 g/mol. The molecule has 0 N–H and O–H groups in total. The number of ether oxygens (including phenoxy) is 2. The highest BCUT2D eigenvalue weighted by molar-refractivity contribution is 6.30. The molecule has 2 atom stereocenters. The predicted octanol–water partition coefficient (Wildman–Crippen LogP) is 10.6. The first-order valence-electron chi connectivity index (χ1n) is 18.6. The molecular formula is C43H56Cl2N2O3. The third-order valence-corrected chi connectivity index (χ3v) is 11.3. The zero-order valence-electron chi connectivity index (χ0n) is 30.7. The van der Waals surface area contributed by atoms with E-state index in [-0.39, 0.29) is 24.3 Å². The van der Waals surface area contributed by atoms with E-state index in [2.05, 4.69) is 99.0 Å². The molecule has 3 aliphatic rings. The minimum atomic E-state index is -0.431. The Kier molecular flexibility index (Phi) is 13.2. The molecule has 3 aliphatic heterocycles. The first-order chi connectivity index (χ1) is 23.6. The molecule has 0 spiro atoms. The number of benzene rings is 3. The van der Waals surface area contributed by atoms with Crippen LogP contribution in [0.4, 0.5) is 0 Å². The van der Waals surface area contributed by atoms with Crippen LogP contribution >= 0.6 is 24.0 Å². The lowest BCUT2D eigenvalue weighted by Crippen LogP contribution is -2.42. The summed E-state index contributed by atoms with van der Waals surface area (Å²) in [5.74, 6) is 1.61. The highest BCUT2D eigenvalue weighted by Gasteiger charge is 2.40. The highest BCUT2D eigenvalue weighted by atomic mass is 35.5. The summed E-state index contributed by atoms with van der Waals surface area (Å²) in [4.78, 5) is 18.6. The number of carbonyl (C=O) groups excluding carboxylic acids is 1. The van der Waals surface area contributed by atoms with Crippen molar-refractivity contribution in [2.45, 2.75) is 117 Å². The van der Waals surface area contributed by atoms with Crippen LogP contribution in [0, 0.1) is 6.92 Å². The second-order valence-electron chi connectivity index (χ2n) is 15.2. The van der Waals surface area contributed by atoms with Gasteiger partial charge in [-0.15, -0.1) is 12.4 Å². The second-order valence-corrected chi connectivity index (χ2v) is 15.7. The van der Waals surface area contributed by atoms with Crippen molar-refractivity contribution in [3.63, 3.8) is 0 Å². The van der Waals surface area contributed by atoms with Gasteiger partial charge in [-0.3, -0.25) is 9.69 Å². The maximum Gasteiger partial charge on any atom is 0.311 e. The number of rotatable bonds is 12. The van der Waals surface area contributed by atoms with Crippen molar-refractivity contribution in [3.05, 3.63) is 99.1 Å². The molecule has 3 heterocycles. The van der Waals surface area contributed by atoms with E-state index in [1.54, 1.807) is 0 Å². The Labute approximate surface area is 311 Å². The number of piperidine rings is 1. The van der Waals surface area contributed by atoms with Crippen molar-refractivity contribution in [1.82, 2.24) is 9.80 Å². The quantitative estimate of drug-likeness (QED) is 0.138. The summed E-state index contributed by atoms with van der Waals surface area (Å²) >= 11 is 6.31. The Hall–Kier alpha value is -2.83. The number of halogens is 2. The largest absolute Gasteiger partial charge is 0.483 e. The molecule has 1 saturated heterocycles. The first kappa shape index (κ1) is 38.4. The summed E-state index contributed by atoms with van der Waals surface area (Å²) in [6, 6.07) is 21.8. The molecule has 0 aromatic heterocycles. The van der Waals surface area contributed by atoms with Gasteiger partial charge in [-0.25, -0.2) is 0 Å². The standard InChI is InChI=1S/C43H55ClN2O3.ClH/c1-30(13-11-17-34-25-36(44)20-19-31(34)2)35-26-39(48-41(47)18-12-23-46-22-10-9-14-32(46)3)42-37-29-45(28-33-15-7-6-8-16-33)24-21-38(37)43(4,5)49-40(42)27-35;/h6-8,15-16,19-20,25-27,30,32H,9-14,17-18,21-24,28-29H2,1-5H3;1H. The zero-order chi connectivity index (χ0) is 34.5. The van der Waals surface area contributed by atoms with Crippen molar-refractivity contribution in [1.29, 1.82) is 0 Å². The number of esters is 1. The molecule has 3 aromatic carbocycles. The normalized spacial score (nSPS) is 19.5. The number of aryl methyl sites for hydroxylation is 2. The smallest absolute Gasteiger partial charge is 0.311 e. The van der Waals surface area contributed by atoms with Crippen molar-refractivity contribution in [3.8, 4) is 11.5 Å². The lowest BCUT2D eigenvalue weighted by molar-refractivity contribution is -0.134. The van der Waals surface area contributed by atoms with Gasteiger partial charge >= 0.3 is 5.97 Å². The molecule has 1 fully saturated rings. The van der Waals surface area contributed by atoms with Crippen LogP contribution in [-0.2, 0) is 17.8 Å². The molecule has 3 aromatic rings. The number of fused-ring (bicyclic) bond motifs is 2. The summed E-state index contributed by atoms with van der Waals surface area (Å²) in [7, 11) is 0. The van der Waals surface area contributed by atoms with Gasteiger partial charge in [-0.2, -0.15) is 0 Å². The Morgan fingerprint density at radius 3 is 2.64 bits per heavy atom. The molecule has 5 nitrogen and oxygen atoms in total. The van der Waals surface area contributed by atoms with Crippen LogP contribution in [-0.4, -0.2) is 53.6 Å². The van der Waals surface area contributed by atoms with Crippen molar-refractivity contribution in [2.75, 3.05) is 26.2 Å².